The Morgan fingerprint density at radius 1 is 1.22 bits per heavy atom. The lowest BCUT2D eigenvalue weighted by atomic mass is 9.73. The number of benzene rings is 1. The number of nitrogens with one attached hydrogen (secondary N) is 1. The van der Waals surface area contributed by atoms with Crippen molar-refractivity contribution in [3.05, 3.63) is 63.5 Å². The van der Waals surface area contributed by atoms with Gasteiger partial charge in [0.05, 0.1) is 17.4 Å². The van der Waals surface area contributed by atoms with Crippen molar-refractivity contribution in [1.82, 2.24) is 20.3 Å². The first kappa shape index (κ1) is 25.6. The molecule has 1 fully saturated rings. The van der Waals surface area contributed by atoms with Crippen LogP contribution < -0.4 is 21.7 Å². The van der Waals surface area contributed by atoms with Crippen molar-refractivity contribution >= 4 is 52.5 Å². The summed E-state index contributed by atoms with van der Waals surface area (Å²) >= 11 is 13.6. The highest BCUT2D eigenvalue weighted by Gasteiger charge is 2.46. The summed E-state index contributed by atoms with van der Waals surface area (Å²) in [4.78, 5) is 27.5. The molecule has 190 valence electrons. The number of anilines is 2. The molecule has 37 heavy (non-hydrogen) atoms. The number of pyridine rings is 1. The second kappa shape index (κ2) is 10.4. The van der Waals surface area contributed by atoms with E-state index in [1.54, 1.807) is 25.5 Å². The topological polar surface area (TPSA) is 123 Å². The third-order valence-electron chi connectivity index (χ3n) is 7.05. The highest BCUT2D eigenvalue weighted by molar-refractivity contribution is 7.99. The summed E-state index contributed by atoms with van der Waals surface area (Å²) in [5.41, 5.74) is 15.8. The number of piperidine rings is 1. The summed E-state index contributed by atoms with van der Waals surface area (Å²) in [7, 11) is 1.57. The molecule has 1 aromatic carbocycles. The van der Waals surface area contributed by atoms with Crippen LogP contribution in [0.25, 0.3) is 0 Å². The van der Waals surface area contributed by atoms with Gasteiger partial charge in [0.15, 0.2) is 5.15 Å². The van der Waals surface area contributed by atoms with E-state index >= 15 is 0 Å². The first-order valence-corrected chi connectivity index (χ1v) is 13.3. The Hall–Kier alpha value is -3.03. The van der Waals surface area contributed by atoms with E-state index in [-0.39, 0.29) is 22.5 Å². The second-order valence-electron chi connectivity index (χ2n) is 9.21. The monoisotopic (exact) mass is 553 g/mol. The van der Waals surface area contributed by atoms with Crippen LogP contribution in [0, 0.1) is 17.3 Å². The zero-order chi connectivity index (χ0) is 26.2. The van der Waals surface area contributed by atoms with Crippen molar-refractivity contribution in [3.63, 3.8) is 0 Å². The van der Waals surface area contributed by atoms with E-state index < -0.39 is 0 Å². The molecule has 5 rings (SSSR count). The number of aromatic nitrogens is 3. The Morgan fingerprint density at radius 2 is 2.00 bits per heavy atom. The Balaban J connectivity index is 1.24. The van der Waals surface area contributed by atoms with Crippen molar-refractivity contribution in [2.75, 3.05) is 30.8 Å². The van der Waals surface area contributed by atoms with Gasteiger partial charge in [-0.15, -0.1) is 0 Å². The van der Waals surface area contributed by atoms with Gasteiger partial charge >= 0.3 is 0 Å². The maximum Gasteiger partial charge on any atom is 0.295 e. The summed E-state index contributed by atoms with van der Waals surface area (Å²) in [6.45, 7) is 1.68. The largest absolute Gasteiger partial charge is 0.384 e. The smallest absolute Gasteiger partial charge is 0.295 e. The molecule has 1 aliphatic heterocycles. The summed E-state index contributed by atoms with van der Waals surface area (Å²) < 4.78 is 0. The van der Waals surface area contributed by atoms with Gasteiger partial charge < -0.3 is 21.7 Å². The lowest BCUT2D eigenvalue weighted by molar-refractivity contribution is -0.115. The van der Waals surface area contributed by atoms with Gasteiger partial charge in [0.1, 0.15) is 16.7 Å². The molecular formula is C26H25Cl2N7OS. The van der Waals surface area contributed by atoms with Crippen LogP contribution in [0.3, 0.4) is 0 Å². The number of nitrogens with zero attached hydrogens (tertiary/aromatic N) is 4. The van der Waals surface area contributed by atoms with Crippen LogP contribution in [0.4, 0.5) is 11.6 Å². The predicted octanol–water partition coefficient (Wildman–Crippen LogP) is 3.85. The van der Waals surface area contributed by atoms with Crippen molar-refractivity contribution in [2.24, 2.45) is 11.1 Å². The highest BCUT2D eigenvalue weighted by atomic mass is 35.5. The number of hydrogen-bond donors (Lipinski definition) is 3. The molecule has 3 heterocycles. The van der Waals surface area contributed by atoms with Crippen LogP contribution in [-0.2, 0) is 11.2 Å². The number of rotatable bonds is 3. The molecule has 3 aromatic rings. The second-order valence-corrected chi connectivity index (χ2v) is 11.0. The van der Waals surface area contributed by atoms with Crippen LogP contribution in [0.5, 0.6) is 0 Å². The van der Waals surface area contributed by atoms with Crippen molar-refractivity contribution in [1.29, 1.82) is 0 Å². The average Bonchev–Trinajstić information content (AvgIpc) is 3.16. The standard InChI is InChI=1S/C26H25Cl2N7OS/c1-31-21(36)5-3-15-2-4-16-12-26(24(30)17(16)10-15)6-8-35(9-7-26)20-13-33-22(14-32-20)37-18-11-19(29)34-25(28)23(18)27/h2,4,10-11,13-14,24H,6-9,12,30H2,1H3,(H2,29,34)(H,31,36)/t24-/m1/s1. The Labute approximate surface area is 229 Å². The van der Waals surface area contributed by atoms with E-state index in [1.165, 1.54) is 17.3 Å². The molecule has 2 aliphatic rings. The maximum absolute atomic E-state index is 11.5. The quantitative estimate of drug-likeness (QED) is 0.330. The highest BCUT2D eigenvalue weighted by Crippen LogP contribution is 2.51. The van der Waals surface area contributed by atoms with Gasteiger partial charge in [-0.25, -0.2) is 15.0 Å². The van der Waals surface area contributed by atoms with Crippen LogP contribution in [0.1, 0.15) is 35.6 Å². The van der Waals surface area contributed by atoms with Gasteiger partial charge in [0, 0.05) is 42.6 Å². The summed E-state index contributed by atoms with van der Waals surface area (Å²) in [5.74, 6) is 6.34. The molecule has 1 aliphatic carbocycles. The fourth-order valence-corrected chi connectivity index (χ4v) is 6.28. The van der Waals surface area contributed by atoms with Gasteiger partial charge in [-0.3, -0.25) is 4.79 Å². The van der Waals surface area contributed by atoms with E-state index in [4.69, 9.17) is 34.7 Å². The van der Waals surface area contributed by atoms with E-state index in [9.17, 15) is 4.79 Å². The Morgan fingerprint density at radius 3 is 2.70 bits per heavy atom. The van der Waals surface area contributed by atoms with Crippen molar-refractivity contribution in [3.8, 4) is 11.8 Å². The SMILES string of the molecule is CNC(=O)C#Cc1ccc2c(c1)[C@@H](N)C1(CCN(c3cnc(Sc4cc(N)nc(Cl)c4Cl)cn3)CC1)C2. The number of nitrogens with two attached hydrogens (primary N) is 2. The minimum Gasteiger partial charge on any atom is -0.384 e. The lowest BCUT2D eigenvalue weighted by Gasteiger charge is -2.42. The molecule has 1 saturated heterocycles. The third-order valence-corrected chi connectivity index (χ3v) is 8.87. The minimum absolute atomic E-state index is 0.00614. The third kappa shape index (κ3) is 5.20. The van der Waals surface area contributed by atoms with Gasteiger partial charge in [-0.2, -0.15) is 0 Å². The van der Waals surface area contributed by atoms with Gasteiger partial charge in [-0.1, -0.05) is 47.0 Å². The van der Waals surface area contributed by atoms with Crippen LogP contribution >= 0.6 is 35.0 Å². The predicted molar refractivity (Wildman–Crippen MR) is 147 cm³/mol. The Bertz CT molecular complexity index is 1410. The van der Waals surface area contributed by atoms with E-state index in [1.807, 2.05) is 12.1 Å². The lowest BCUT2D eigenvalue weighted by Crippen LogP contribution is -2.44. The number of halogens is 2. The zero-order valence-electron chi connectivity index (χ0n) is 20.1. The molecule has 0 saturated carbocycles. The number of fused-ring (bicyclic) bond motifs is 1. The number of amides is 1. The molecule has 5 N–H and O–H groups in total. The minimum atomic E-state index is -0.307. The average molecular weight is 555 g/mol. The van der Waals surface area contributed by atoms with Crippen LogP contribution in [0.15, 0.2) is 46.6 Å². The maximum atomic E-state index is 11.5. The number of carbonyl (C=O) groups excluding carboxylic acids is 1. The van der Waals surface area contributed by atoms with Gasteiger partial charge in [0.25, 0.3) is 5.91 Å². The molecule has 0 radical (unpaired) electrons. The fraction of sp³-hybridized carbons (Fsp3) is 0.308. The molecule has 1 atom stereocenters. The molecule has 2 aromatic heterocycles. The molecule has 0 unspecified atom stereocenters. The summed E-state index contributed by atoms with van der Waals surface area (Å²) in [6, 6.07) is 7.70. The van der Waals surface area contributed by atoms with Crippen LogP contribution in [-0.4, -0.2) is 41.0 Å². The van der Waals surface area contributed by atoms with E-state index in [2.05, 4.69) is 43.1 Å². The van der Waals surface area contributed by atoms with Crippen molar-refractivity contribution < 1.29 is 4.79 Å². The molecule has 11 heteroatoms. The molecule has 1 amide bonds. The van der Waals surface area contributed by atoms with Gasteiger partial charge in [0.2, 0.25) is 0 Å². The fourth-order valence-electron chi connectivity index (χ4n) is 5.01. The van der Waals surface area contributed by atoms with Crippen molar-refractivity contribution in [2.45, 2.75) is 35.2 Å². The molecule has 1 spiro atoms. The van der Waals surface area contributed by atoms with Crippen LogP contribution in [0.2, 0.25) is 10.2 Å². The number of hydrogen-bond acceptors (Lipinski definition) is 8. The van der Waals surface area contributed by atoms with Gasteiger partial charge in [-0.05, 0) is 54.0 Å². The summed E-state index contributed by atoms with van der Waals surface area (Å²) in [5, 5.41) is 3.70. The molecule has 0 bridgehead atoms. The first-order chi connectivity index (χ1) is 17.8. The van der Waals surface area contributed by atoms with E-state index in [0.717, 1.165) is 49.3 Å². The first-order valence-electron chi connectivity index (χ1n) is 11.8. The summed E-state index contributed by atoms with van der Waals surface area (Å²) in [6.07, 6.45) is 6.35. The molecular weight excluding hydrogens is 529 g/mol. The Kier molecular flexibility index (Phi) is 7.19. The zero-order valence-corrected chi connectivity index (χ0v) is 22.4. The van der Waals surface area contributed by atoms with E-state index in [0.29, 0.717) is 20.8 Å². The number of nitrogen functional groups attached to an aromatic ring is 1. The normalized spacial score (nSPS) is 17.7. The molecule has 8 nitrogen and oxygen atoms in total. The number of carbonyl (C=O) groups is 1.